The summed E-state index contributed by atoms with van der Waals surface area (Å²) in [5.74, 6) is 0. The molecule has 0 saturated carbocycles. The number of aromatic amines is 1. The molecule has 4 nitrogen and oxygen atoms in total. The molecule has 2 aromatic carbocycles. The van der Waals surface area contributed by atoms with E-state index in [2.05, 4.69) is 22.5 Å². The minimum absolute atomic E-state index is 0.236. The number of anilines is 2. The average Bonchev–Trinajstić information content (AvgIpc) is 2.91. The maximum Gasteiger partial charge on any atom is 0.323 e. The smallest absolute Gasteiger partial charge is 0.323 e. The Bertz CT molecular complexity index is 776. The van der Waals surface area contributed by atoms with Gasteiger partial charge in [0.25, 0.3) is 0 Å². The molecule has 3 aromatic rings. The normalized spacial score (nSPS) is 10.5. The van der Waals surface area contributed by atoms with Gasteiger partial charge in [0, 0.05) is 22.8 Å². The van der Waals surface area contributed by atoms with Crippen molar-refractivity contribution in [3.8, 4) is 0 Å². The van der Waals surface area contributed by atoms with E-state index in [1.165, 1.54) is 0 Å². The zero-order valence-electron chi connectivity index (χ0n) is 11.8. The van der Waals surface area contributed by atoms with Crippen molar-refractivity contribution in [1.82, 2.24) is 4.98 Å². The van der Waals surface area contributed by atoms with Crippen LogP contribution in [0.5, 0.6) is 0 Å². The predicted octanol–water partition coefficient (Wildman–Crippen LogP) is 4.37. The number of rotatable bonds is 3. The van der Waals surface area contributed by atoms with Crippen LogP contribution in [-0.4, -0.2) is 11.0 Å². The van der Waals surface area contributed by atoms with Crippen LogP contribution in [0.3, 0.4) is 0 Å². The Morgan fingerprint density at radius 3 is 2.57 bits per heavy atom. The summed E-state index contributed by atoms with van der Waals surface area (Å²) in [4.78, 5) is 15.3. The molecule has 0 fully saturated rings. The first-order valence-corrected chi connectivity index (χ1v) is 7.00. The minimum Gasteiger partial charge on any atom is -0.359 e. The van der Waals surface area contributed by atoms with Crippen molar-refractivity contribution in [2.24, 2.45) is 0 Å². The first-order chi connectivity index (χ1) is 10.3. The predicted molar refractivity (Wildman–Crippen MR) is 86.8 cm³/mol. The summed E-state index contributed by atoms with van der Waals surface area (Å²) in [6.07, 6.45) is 2.68. The fourth-order valence-electron chi connectivity index (χ4n) is 2.40. The Hall–Kier alpha value is -2.75. The molecule has 21 heavy (non-hydrogen) atoms. The van der Waals surface area contributed by atoms with Crippen LogP contribution in [0, 0.1) is 0 Å². The van der Waals surface area contributed by atoms with Gasteiger partial charge in [-0.2, -0.15) is 0 Å². The summed E-state index contributed by atoms with van der Waals surface area (Å²) in [6.45, 7) is 2.07. The zero-order valence-corrected chi connectivity index (χ0v) is 11.8. The van der Waals surface area contributed by atoms with Crippen molar-refractivity contribution in [3.63, 3.8) is 0 Å². The summed E-state index contributed by atoms with van der Waals surface area (Å²) in [5, 5.41) is 6.78. The molecular weight excluding hydrogens is 262 g/mol. The second-order valence-electron chi connectivity index (χ2n) is 4.84. The zero-order chi connectivity index (χ0) is 14.7. The Balaban J connectivity index is 1.77. The van der Waals surface area contributed by atoms with Crippen molar-refractivity contribution in [1.29, 1.82) is 0 Å². The molecule has 0 aliphatic heterocycles. The number of benzene rings is 2. The third-order valence-electron chi connectivity index (χ3n) is 3.48. The topological polar surface area (TPSA) is 56.9 Å². The maximum atomic E-state index is 12.2. The quantitative estimate of drug-likeness (QED) is 0.655. The fraction of sp³-hybridized carbons (Fsp3) is 0.118. The Kier molecular flexibility index (Phi) is 3.60. The van der Waals surface area contributed by atoms with E-state index in [0.717, 1.165) is 34.3 Å². The third-order valence-corrected chi connectivity index (χ3v) is 3.48. The van der Waals surface area contributed by atoms with Crippen molar-refractivity contribution in [2.45, 2.75) is 13.3 Å². The van der Waals surface area contributed by atoms with E-state index in [0.29, 0.717) is 0 Å². The number of fused-ring (bicyclic) bond motifs is 1. The summed E-state index contributed by atoms with van der Waals surface area (Å²) in [5.41, 5.74) is 3.74. The molecule has 1 aromatic heterocycles. The van der Waals surface area contributed by atoms with Crippen molar-refractivity contribution >= 4 is 28.3 Å². The molecule has 0 unspecified atom stereocenters. The molecule has 0 atom stereocenters. The van der Waals surface area contributed by atoms with E-state index < -0.39 is 0 Å². The lowest BCUT2D eigenvalue weighted by molar-refractivity contribution is 0.262. The number of hydrogen-bond acceptors (Lipinski definition) is 1. The van der Waals surface area contributed by atoms with E-state index in [9.17, 15) is 4.79 Å². The largest absolute Gasteiger partial charge is 0.359 e. The number of carbonyl (C=O) groups excluding carboxylic acids is 1. The number of amides is 2. The molecule has 0 aliphatic rings. The van der Waals surface area contributed by atoms with Gasteiger partial charge in [-0.3, -0.25) is 0 Å². The molecule has 3 N–H and O–H groups in total. The van der Waals surface area contributed by atoms with Gasteiger partial charge in [-0.05, 0) is 24.1 Å². The van der Waals surface area contributed by atoms with Gasteiger partial charge in [0.05, 0.1) is 5.69 Å². The molecule has 0 radical (unpaired) electrons. The highest BCUT2D eigenvalue weighted by Gasteiger charge is 2.08. The van der Waals surface area contributed by atoms with Crippen LogP contribution in [0.15, 0.2) is 54.7 Å². The van der Waals surface area contributed by atoms with Gasteiger partial charge in [0.1, 0.15) is 0 Å². The number of carbonyl (C=O) groups is 1. The van der Waals surface area contributed by atoms with Crippen LogP contribution in [0.25, 0.3) is 10.9 Å². The van der Waals surface area contributed by atoms with Gasteiger partial charge < -0.3 is 15.6 Å². The van der Waals surface area contributed by atoms with Crippen molar-refractivity contribution in [3.05, 3.63) is 60.3 Å². The number of aromatic nitrogens is 1. The molecule has 0 aliphatic carbocycles. The summed E-state index contributed by atoms with van der Waals surface area (Å²) >= 11 is 0. The summed E-state index contributed by atoms with van der Waals surface area (Å²) in [7, 11) is 0. The van der Waals surface area contributed by atoms with Gasteiger partial charge in [-0.1, -0.05) is 43.3 Å². The van der Waals surface area contributed by atoms with Gasteiger partial charge in [0.2, 0.25) is 0 Å². The summed E-state index contributed by atoms with van der Waals surface area (Å²) < 4.78 is 0. The summed E-state index contributed by atoms with van der Waals surface area (Å²) in [6, 6.07) is 15.4. The number of urea groups is 1. The average molecular weight is 279 g/mol. The molecule has 2 amide bonds. The van der Waals surface area contributed by atoms with Crippen LogP contribution in [-0.2, 0) is 6.42 Å². The number of aryl methyl sites for hydroxylation is 1. The van der Waals surface area contributed by atoms with Crippen LogP contribution >= 0.6 is 0 Å². The Labute approximate surface area is 123 Å². The van der Waals surface area contributed by atoms with E-state index in [4.69, 9.17) is 0 Å². The van der Waals surface area contributed by atoms with E-state index >= 15 is 0 Å². The van der Waals surface area contributed by atoms with Crippen molar-refractivity contribution < 1.29 is 4.79 Å². The molecule has 0 bridgehead atoms. The number of hydrogen-bond donors (Lipinski definition) is 3. The highest BCUT2D eigenvalue weighted by atomic mass is 16.2. The second-order valence-corrected chi connectivity index (χ2v) is 4.84. The number of para-hydroxylation sites is 2. The SMILES string of the molecule is CCc1ccccc1NC(=O)Nc1c[nH]c2ccccc12. The van der Waals surface area contributed by atoms with E-state index in [1.54, 1.807) is 6.20 Å². The Morgan fingerprint density at radius 1 is 1.00 bits per heavy atom. The molecular formula is C17H17N3O. The minimum atomic E-state index is -0.236. The van der Waals surface area contributed by atoms with Gasteiger partial charge in [-0.15, -0.1) is 0 Å². The molecule has 3 rings (SSSR count). The highest BCUT2D eigenvalue weighted by Crippen LogP contribution is 2.23. The molecule has 0 spiro atoms. The van der Waals surface area contributed by atoms with E-state index in [-0.39, 0.29) is 6.03 Å². The lowest BCUT2D eigenvalue weighted by atomic mass is 10.1. The molecule has 4 heteroatoms. The third kappa shape index (κ3) is 2.74. The molecule has 1 heterocycles. The molecule has 106 valence electrons. The lowest BCUT2D eigenvalue weighted by Gasteiger charge is -2.10. The van der Waals surface area contributed by atoms with E-state index in [1.807, 2.05) is 48.5 Å². The molecule has 0 saturated heterocycles. The number of nitrogens with one attached hydrogen (secondary N) is 3. The van der Waals surface area contributed by atoms with Gasteiger partial charge in [-0.25, -0.2) is 4.79 Å². The van der Waals surface area contributed by atoms with Gasteiger partial charge in [0.15, 0.2) is 0 Å². The van der Waals surface area contributed by atoms with Crippen LogP contribution < -0.4 is 10.6 Å². The van der Waals surface area contributed by atoms with Crippen molar-refractivity contribution in [2.75, 3.05) is 10.6 Å². The number of H-pyrrole nitrogens is 1. The van der Waals surface area contributed by atoms with Crippen LogP contribution in [0.4, 0.5) is 16.2 Å². The lowest BCUT2D eigenvalue weighted by Crippen LogP contribution is -2.20. The maximum absolute atomic E-state index is 12.2. The van der Waals surface area contributed by atoms with Crippen LogP contribution in [0.1, 0.15) is 12.5 Å². The second kappa shape index (κ2) is 5.71. The standard InChI is InChI=1S/C17H17N3O/c1-2-12-7-3-5-9-14(12)19-17(21)20-16-11-18-15-10-6-4-8-13(15)16/h3-11,18H,2H2,1H3,(H2,19,20,21). The highest BCUT2D eigenvalue weighted by molar-refractivity contribution is 6.06. The first kappa shape index (κ1) is 13.2. The van der Waals surface area contributed by atoms with Gasteiger partial charge >= 0.3 is 6.03 Å². The monoisotopic (exact) mass is 279 g/mol. The Morgan fingerprint density at radius 2 is 1.71 bits per heavy atom. The first-order valence-electron chi connectivity index (χ1n) is 7.00. The van der Waals surface area contributed by atoms with Crippen LogP contribution in [0.2, 0.25) is 0 Å². The fourth-order valence-corrected chi connectivity index (χ4v) is 2.40.